The van der Waals surface area contributed by atoms with Crippen molar-refractivity contribution in [3.8, 4) is 23.0 Å². The molecular formula is C55H68BrNO6. The molecule has 0 saturated carbocycles. The fourth-order valence-corrected chi connectivity index (χ4v) is 8.01. The van der Waals surface area contributed by atoms with Gasteiger partial charge >= 0.3 is 11.9 Å². The summed E-state index contributed by atoms with van der Waals surface area (Å²) in [5, 5.41) is 1.21. The van der Waals surface area contributed by atoms with Gasteiger partial charge in [-0.2, -0.15) is 0 Å². The van der Waals surface area contributed by atoms with Gasteiger partial charge in [0, 0.05) is 28.7 Å². The lowest BCUT2D eigenvalue weighted by atomic mass is 10.0. The SMILES string of the molecule is CCCCCCCCCCCCOc1ccc(C(=O)Oc2c(Br)ccc3c(OC(=O)c4ccc(OCCCCCCCCCCCC)cc4)c(/C=C/c4ccncc4)ccc23)cc1. The van der Waals surface area contributed by atoms with Crippen molar-refractivity contribution >= 4 is 50.8 Å². The summed E-state index contributed by atoms with van der Waals surface area (Å²) in [4.78, 5) is 31.4. The van der Waals surface area contributed by atoms with E-state index in [2.05, 4.69) is 34.8 Å². The summed E-state index contributed by atoms with van der Waals surface area (Å²) in [6.45, 7) is 5.80. The van der Waals surface area contributed by atoms with Crippen molar-refractivity contribution in [3.05, 3.63) is 124 Å². The van der Waals surface area contributed by atoms with Crippen molar-refractivity contribution in [2.75, 3.05) is 13.2 Å². The Morgan fingerprint density at radius 3 is 1.37 bits per heavy atom. The van der Waals surface area contributed by atoms with Crippen LogP contribution in [0.3, 0.4) is 0 Å². The molecule has 0 aliphatic rings. The molecule has 1 aromatic heterocycles. The Balaban J connectivity index is 1.19. The minimum atomic E-state index is -0.515. The van der Waals surface area contributed by atoms with Crippen molar-refractivity contribution < 1.29 is 28.5 Å². The molecule has 63 heavy (non-hydrogen) atoms. The minimum absolute atomic E-state index is 0.324. The summed E-state index contributed by atoms with van der Waals surface area (Å²) < 4.78 is 24.8. The second-order valence-electron chi connectivity index (χ2n) is 16.5. The first kappa shape index (κ1) is 49.1. The van der Waals surface area contributed by atoms with Crippen LogP contribution in [-0.4, -0.2) is 30.1 Å². The molecular weight excluding hydrogens is 851 g/mol. The predicted octanol–water partition coefficient (Wildman–Crippen LogP) is 16.2. The van der Waals surface area contributed by atoms with Crippen molar-refractivity contribution in [1.29, 1.82) is 0 Å². The van der Waals surface area contributed by atoms with Crippen LogP contribution < -0.4 is 18.9 Å². The van der Waals surface area contributed by atoms with Crippen LogP contribution >= 0.6 is 15.9 Å². The zero-order valence-electron chi connectivity index (χ0n) is 37.7. The van der Waals surface area contributed by atoms with E-state index in [1.54, 1.807) is 54.9 Å². The van der Waals surface area contributed by atoms with Gasteiger partial charge in [-0.25, -0.2) is 9.59 Å². The van der Waals surface area contributed by atoms with E-state index in [4.69, 9.17) is 18.9 Å². The fraction of sp³-hybridized carbons (Fsp3) is 0.436. The molecule has 8 heteroatoms. The van der Waals surface area contributed by atoms with Crippen molar-refractivity contribution in [1.82, 2.24) is 4.98 Å². The normalized spacial score (nSPS) is 11.3. The van der Waals surface area contributed by atoms with Crippen LogP contribution in [0.25, 0.3) is 22.9 Å². The summed E-state index contributed by atoms with van der Waals surface area (Å²) in [5.74, 6) is 1.08. The first-order chi connectivity index (χ1) is 31.0. The van der Waals surface area contributed by atoms with Gasteiger partial charge in [0.2, 0.25) is 0 Å². The van der Waals surface area contributed by atoms with Gasteiger partial charge in [0.25, 0.3) is 0 Å². The number of rotatable bonds is 30. The van der Waals surface area contributed by atoms with E-state index < -0.39 is 11.9 Å². The zero-order valence-corrected chi connectivity index (χ0v) is 39.3. The molecule has 0 saturated heterocycles. The number of pyridine rings is 1. The molecule has 0 unspecified atom stereocenters. The molecule has 0 aliphatic heterocycles. The summed E-state index contributed by atoms with van der Waals surface area (Å²) >= 11 is 3.61. The number of benzene rings is 4. The summed E-state index contributed by atoms with van der Waals surface area (Å²) in [6, 6.07) is 25.3. The maximum Gasteiger partial charge on any atom is 0.343 e. The average Bonchev–Trinajstić information content (AvgIpc) is 3.31. The van der Waals surface area contributed by atoms with Crippen LogP contribution in [0.15, 0.2) is 102 Å². The van der Waals surface area contributed by atoms with Gasteiger partial charge in [-0.05, 0) is 113 Å². The van der Waals surface area contributed by atoms with Gasteiger partial charge in [0.05, 0.1) is 28.8 Å². The van der Waals surface area contributed by atoms with Crippen molar-refractivity contribution in [2.45, 2.75) is 142 Å². The van der Waals surface area contributed by atoms with E-state index >= 15 is 0 Å². The van der Waals surface area contributed by atoms with E-state index in [1.165, 1.54) is 103 Å². The average molecular weight is 919 g/mol. The second-order valence-corrected chi connectivity index (χ2v) is 17.3. The number of ether oxygens (including phenoxy) is 4. The molecule has 0 bridgehead atoms. The molecule has 0 radical (unpaired) electrons. The number of esters is 2. The van der Waals surface area contributed by atoms with E-state index in [-0.39, 0.29) is 0 Å². The quantitative estimate of drug-likeness (QED) is 0.0258. The van der Waals surface area contributed by atoms with Crippen LogP contribution in [0.2, 0.25) is 0 Å². The Bertz CT molecular complexity index is 2120. The highest BCUT2D eigenvalue weighted by Gasteiger charge is 2.20. The number of nitrogens with zero attached hydrogens (tertiary/aromatic N) is 1. The molecule has 336 valence electrons. The first-order valence-electron chi connectivity index (χ1n) is 23.7. The molecule has 5 aromatic rings. The van der Waals surface area contributed by atoms with E-state index in [0.29, 0.717) is 56.6 Å². The molecule has 4 aromatic carbocycles. The Hall–Kier alpha value is -4.95. The third kappa shape index (κ3) is 17.3. The number of hydrogen-bond acceptors (Lipinski definition) is 7. The van der Waals surface area contributed by atoms with Crippen LogP contribution in [-0.2, 0) is 0 Å². The number of aromatic nitrogens is 1. The Kier molecular flexibility index (Phi) is 22.3. The molecule has 5 rings (SSSR count). The summed E-state index contributed by atoms with van der Waals surface area (Å²) in [6.07, 6.45) is 32.7. The summed E-state index contributed by atoms with van der Waals surface area (Å²) in [7, 11) is 0. The largest absolute Gasteiger partial charge is 0.494 e. The minimum Gasteiger partial charge on any atom is -0.494 e. The fourth-order valence-electron chi connectivity index (χ4n) is 7.59. The van der Waals surface area contributed by atoms with Gasteiger partial charge in [-0.3, -0.25) is 4.98 Å². The topological polar surface area (TPSA) is 84.0 Å². The lowest BCUT2D eigenvalue weighted by Gasteiger charge is -2.15. The highest BCUT2D eigenvalue weighted by molar-refractivity contribution is 9.10. The molecule has 7 nitrogen and oxygen atoms in total. The molecule has 0 N–H and O–H groups in total. The van der Waals surface area contributed by atoms with Gasteiger partial charge in [0.1, 0.15) is 17.2 Å². The standard InChI is InChI=1S/C55H68BrNO6/c1-3-5-7-9-11-13-15-17-19-21-41-60-47-30-25-45(26-31-47)54(58)62-52-44(24-23-43-37-39-57-40-38-43)29-34-50-49(52)35-36-51(56)53(50)63-55(59)46-27-32-48(33-28-46)61-42-22-20-18-16-14-12-10-8-6-4-2/h23-40H,3-22,41-42H2,1-2H3/b24-23+. The maximum absolute atomic E-state index is 13.8. The molecule has 0 aliphatic carbocycles. The van der Waals surface area contributed by atoms with Gasteiger partial charge in [0.15, 0.2) is 5.75 Å². The highest BCUT2D eigenvalue weighted by atomic mass is 79.9. The Labute approximate surface area is 385 Å². The van der Waals surface area contributed by atoms with Gasteiger partial charge in [-0.1, -0.05) is 148 Å². The van der Waals surface area contributed by atoms with Crippen molar-refractivity contribution in [3.63, 3.8) is 0 Å². The van der Waals surface area contributed by atoms with Crippen LogP contribution in [0.1, 0.15) is 174 Å². The number of halogens is 1. The van der Waals surface area contributed by atoms with Gasteiger partial charge < -0.3 is 18.9 Å². The molecule has 0 amide bonds. The molecule has 0 atom stereocenters. The third-order valence-electron chi connectivity index (χ3n) is 11.3. The lowest BCUT2D eigenvalue weighted by Crippen LogP contribution is -2.11. The monoisotopic (exact) mass is 917 g/mol. The summed E-state index contributed by atoms with van der Waals surface area (Å²) in [5.41, 5.74) is 2.40. The van der Waals surface area contributed by atoms with E-state index in [0.717, 1.165) is 42.7 Å². The number of hydrogen-bond donors (Lipinski definition) is 0. The number of fused-ring (bicyclic) bond motifs is 1. The maximum atomic E-state index is 13.8. The Morgan fingerprint density at radius 1 is 0.476 bits per heavy atom. The highest BCUT2D eigenvalue weighted by Crippen LogP contribution is 2.41. The second kappa shape index (κ2) is 28.7. The Morgan fingerprint density at radius 2 is 0.889 bits per heavy atom. The third-order valence-corrected chi connectivity index (χ3v) is 12.0. The van der Waals surface area contributed by atoms with E-state index in [1.807, 2.05) is 54.6 Å². The van der Waals surface area contributed by atoms with Crippen LogP contribution in [0.5, 0.6) is 23.0 Å². The molecule has 1 heterocycles. The van der Waals surface area contributed by atoms with Crippen molar-refractivity contribution in [2.24, 2.45) is 0 Å². The van der Waals surface area contributed by atoms with E-state index in [9.17, 15) is 9.59 Å². The van der Waals surface area contributed by atoms with Gasteiger partial charge in [-0.15, -0.1) is 0 Å². The molecule has 0 spiro atoms. The number of carbonyl (C=O) groups is 2. The lowest BCUT2D eigenvalue weighted by molar-refractivity contribution is 0.0724. The number of unbranched alkanes of at least 4 members (excludes halogenated alkanes) is 18. The first-order valence-corrected chi connectivity index (χ1v) is 24.5. The predicted molar refractivity (Wildman–Crippen MR) is 262 cm³/mol. The molecule has 0 fully saturated rings. The van der Waals surface area contributed by atoms with Crippen LogP contribution in [0.4, 0.5) is 0 Å². The smallest absolute Gasteiger partial charge is 0.343 e. The number of carbonyl (C=O) groups excluding carboxylic acids is 2. The zero-order chi connectivity index (χ0) is 44.3. The van der Waals surface area contributed by atoms with Crippen LogP contribution in [0, 0.1) is 0 Å².